The van der Waals surface area contributed by atoms with Crippen LogP contribution in [0.4, 0.5) is 0 Å². The number of rotatable bonds is 2. The van der Waals surface area contributed by atoms with Crippen LogP contribution >= 0.6 is 15.9 Å². The first-order chi connectivity index (χ1) is 7.20. The zero-order valence-electron chi connectivity index (χ0n) is 7.46. The molecule has 2 aromatic heterocycles. The molecule has 0 bridgehead atoms. The molecule has 0 radical (unpaired) electrons. The van der Waals surface area contributed by atoms with Gasteiger partial charge in [0.15, 0.2) is 0 Å². The van der Waals surface area contributed by atoms with Crippen LogP contribution in [0.25, 0.3) is 5.95 Å². The van der Waals surface area contributed by atoms with E-state index in [1.807, 2.05) is 0 Å². The number of hydrogen-bond acceptors (Lipinski definition) is 3. The maximum Gasteiger partial charge on any atom is 0.352 e. The molecule has 1 N–H and O–H groups in total. The molecule has 0 aliphatic heterocycles. The molecule has 0 saturated carbocycles. The van der Waals surface area contributed by atoms with Gasteiger partial charge in [0, 0.05) is 12.4 Å². The maximum atomic E-state index is 10.9. The Morgan fingerprint density at radius 3 is 2.60 bits per heavy atom. The van der Waals surface area contributed by atoms with Crippen LogP contribution in [-0.4, -0.2) is 25.6 Å². The first-order valence-corrected chi connectivity index (χ1v) is 4.87. The Balaban J connectivity index is 2.62. The highest BCUT2D eigenvalue weighted by Gasteiger charge is 2.15. The van der Waals surface area contributed by atoms with Crippen molar-refractivity contribution in [1.82, 2.24) is 14.5 Å². The molecule has 0 fully saturated rings. The van der Waals surface area contributed by atoms with Gasteiger partial charge in [0.1, 0.15) is 5.69 Å². The van der Waals surface area contributed by atoms with E-state index in [9.17, 15) is 4.79 Å². The SMILES string of the molecule is O=C(O)c1ccc(Br)n1-c1ncccn1. The summed E-state index contributed by atoms with van der Waals surface area (Å²) in [5.41, 5.74) is 0.119. The molecular weight excluding hydrogens is 262 g/mol. The van der Waals surface area contributed by atoms with Gasteiger partial charge in [-0.15, -0.1) is 0 Å². The van der Waals surface area contributed by atoms with Gasteiger partial charge in [0.05, 0.1) is 4.60 Å². The monoisotopic (exact) mass is 267 g/mol. The minimum Gasteiger partial charge on any atom is -0.477 e. The lowest BCUT2D eigenvalue weighted by molar-refractivity contribution is 0.0687. The Morgan fingerprint density at radius 2 is 2.00 bits per heavy atom. The Kier molecular flexibility index (Phi) is 2.51. The van der Waals surface area contributed by atoms with E-state index in [0.717, 1.165) is 0 Å². The van der Waals surface area contributed by atoms with Crippen molar-refractivity contribution in [2.24, 2.45) is 0 Å². The smallest absolute Gasteiger partial charge is 0.352 e. The number of aromatic carboxylic acids is 1. The van der Waals surface area contributed by atoms with Gasteiger partial charge in [-0.1, -0.05) is 0 Å². The van der Waals surface area contributed by atoms with Gasteiger partial charge < -0.3 is 5.11 Å². The second-order valence-electron chi connectivity index (χ2n) is 2.73. The van der Waals surface area contributed by atoms with Crippen LogP contribution in [0.3, 0.4) is 0 Å². The molecule has 0 spiro atoms. The summed E-state index contributed by atoms with van der Waals surface area (Å²) in [6.45, 7) is 0. The Labute approximate surface area is 93.5 Å². The van der Waals surface area contributed by atoms with Crippen molar-refractivity contribution < 1.29 is 9.90 Å². The number of nitrogens with zero attached hydrogens (tertiary/aromatic N) is 3. The third kappa shape index (κ3) is 1.75. The van der Waals surface area contributed by atoms with Gasteiger partial charge in [0.25, 0.3) is 0 Å². The molecule has 0 aromatic carbocycles. The van der Waals surface area contributed by atoms with Crippen molar-refractivity contribution >= 4 is 21.9 Å². The molecule has 2 rings (SSSR count). The number of hydrogen-bond donors (Lipinski definition) is 1. The lowest BCUT2D eigenvalue weighted by atomic mass is 10.4. The summed E-state index contributed by atoms with van der Waals surface area (Å²) in [7, 11) is 0. The number of carbonyl (C=O) groups is 1. The van der Waals surface area contributed by atoms with Gasteiger partial charge in [0.2, 0.25) is 5.95 Å². The summed E-state index contributed by atoms with van der Waals surface area (Å²) in [4.78, 5) is 18.9. The molecule has 15 heavy (non-hydrogen) atoms. The van der Waals surface area contributed by atoms with E-state index in [1.165, 1.54) is 10.6 Å². The third-order valence-electron chi connectivity index (χ3n) is 1.80. The highest BCUT2D eigenvalue weighted by atomic mass is 79.9. The minimum absolute atomic E-state index is 0.119. The molecular formula is C9H6BrN3O2. The maximum absolute atomic E-state index is 10.9. The van der Waals surface area contributed by atoms with Gasteiger partial charge in [-0.2, -0.15) is 0 Å². The molecule has 0 aliphatic carbocycles. The van der Waals surface area contributed by atoms with Gasteiger partial charge in [-0.05, 0) is 34.1 Å². The summed E-state index contributed by atoms with van der Waals surface area (Å²) >= 11 is 3.24. The standard InChI is InChI=1S/C9H6BrN3O2/c10-7-3-2-6(8(14)15)13(7)9-11-4-1-5-12-9/h1-5H,(H,14,15). The summed E-state index contributed by atoms with van der Waals surface area (Å²) in [6.07, 6.45) is 3.11. The van der Waals surface area contributed by atoms with E-state index in [-0.39, 0.29) is 5.69 Å². The summed E-state index contributed by atoms with van der Waals surface area (Å²) in [6, 6.07) is 4.80. The average molecular weight is 268 g/mol. The predicted molar refractivity (Wildman–Crippen MR) is 56.0 cm³/mol. The van der Waals surface area contributed by atoms with Gasteiger partial charge in [-0.3, -0.25) is 4.57 Å². The van der Waals surface area contributed by atoms with E-state index in [4.69, 9.17) is 5.11 Å². The normalized spacial score (nSPS) is 10.2. The molecule has 0 amide bonds. The van der Waals surface area contributed by atoms with E-state index >= 15 is 0 Å². The lowest BCUT2D eigenvalue weighted by Gasteiger charge is -2.04. The fraction of sp³-hybridized carbons (Fsp3) is 0. The molecule has 2 heterocycles. The number of halogens is 1. The van der Waals surface area contributed by atoms with Crippen molar-refractivity contribution in [3.05, 3.63) is 40.9 Å². The largest absolute Gasteiger partial charge is 0.477 e. The quantitative estimate of drug-likeness (QED) is 0.900. The van der Waals surface area contributed by atoms with Gasteiger partial charge in [-0.25, -0.2) is 14.8 Å². The molecule has 0 unspecified atom stereocenters. The molecule has 5 nitrogen and oxygen atoms in total. The summed E-state index contributed by atoms with van der Waals surface area (Å²) in [5.74, 6) is -0.695. The van der Waals surface area contributed by atoms with Crippen LogP contribution in [0.5, 0.6) is 0 Å². The number of carboxylic acid groups (broad SMARTS) is 1. The Hall–Kier alpha value is -1.69. The van der Waals surface area contributed by atoms with Crippen LogP contribution in [0.1, 0.15) is 10.5 Å². The first kappa shape index (κ1) is 9.85. The van der Waals surface area contributed by atoms with Crippen molar-refractivity contribution in [3.8, 4) is 5.95 Å². The van der Waals surface area contributed by atoms with Crippen molar-refractivity contribution in [2.75, 3.05) is 0 Å². The Morgan fingerprint density at radius 1 is 1.33 bits per heavy atom. The lowest BCUT2D eigenvalue weighted by Crippen LogP contribution is -2.09. The van der Waals surface area contributed by atoms with Crippen molar-refractivity contribution in [3.63, 3.8) is 0 Å². The molecule has 76 valence electrons. The van der Waals surface area contributed by atoms with Crippen LogP contribution in [0, 0.1) is 0 Å². The average Bonchev–Trinajstić information content (AvgIpc) is 2.61. The fourth-order valence-corrected chi connectivity index (χ4v) is 1.67. The van der Waals surface area contributed by atoms with Crippen LogP contribution in [0.15, 0.2) is 35.2 Å². The minimum atomic E-state index is -1.02. The fourth-order valence-electron chi connectivity index (χ4n) is 1.19. The zero-order valence-corrected chi connectivity index (χ0v) is 9.05. The third-order valence-corrected chi connectivity index (χ3v) is 2.42. The van der Waals surface area contributed by atoms with Crippen LogP contribution in [-0.2, 0) is 0 Å². The molecule has 0 aliphatic rings. The van der Waals surface area contributed by atoms with E-state index in [1.54, 1.807) is 24.5 Å². The van der Waals surface area contributed by atoms with Gasteiger partial charge >= 0.3 is 5.97 Å². The molecule has 2 aromatic rings. The number of carboxylic acids is 1. The summed E-state index contributed by atoms with van der Waals surface area (Å²) < 4.78 is 2.02. The topological polar surface area (TPSA) is 68.0 Å². The van der Waals surface area contributed by atoms with E-state index < -0.39 is 5.97 Å². The first-order valence-electron chi connectivity index (χ1n) is 4.08. The second kappa shape index (κ2) is 3.82. The van der Waals surface area contributed by atoms with Crippen LogP contribution < -0.4 is 0 Å². The number of aromatic nitrogens is 3. The van der Waals surface area contributed by atoms with E-state index in [2.05, 4.69) is 25.9 Å². The van der Waals surface area contributed by atoms with Crippen molar-refractivity contribution in [1.29, 1.82) is 0 Å². The zero-order chi connectivity index (χ0) is 10.8. The molecule has 6 heteroatoms. The predicted octanol–water partition coefficient (Wildman–Crippen LogP) is 1.73. The molecule has 0 saturated heterocycles. The van der Waals surface area contributed by atoms with E-state index in [0.29, 0.717) is 10.6 Å². The van der Waals surface area contributed by atoms with Crippen molar-refractivity contribution in [2.45, 2.75) is 0 Å². The highest BCUT2D eigenvalue weighted by Crippen LogP contribution is 2.18. The van der Waals surface area contributed by atoms with Crippen LogP contribution in [0.2, 0.25) is 0 Å². The second-order valence-corrected chi connectivity index (χ2v) is 3.54. The molecule has 0 atom stereocenters. The summed E-state index contributed by atoms with van der Waals surface area (Å²) in [5, 5.41) is 8.94. The Bertz CT molecular complexity index is 495. The highest BCUT2D eigenvalue weighted by molar-refractivity contribution is 9.10.